The van der Waals surface area contributed by atoms with Gasteiger partial charge in [0.2, 0.25) is 5.75 Å². The zero-order valence-corrected chi connectivity index (χ0v) is 13.7. The van der Waals surface area contributed by atoms with Crippen LogP contribution in [0.25, 0.3) is 0 Å². The van der Waals surface area contributed by atoms with Crippen LogP contribution in [-0.2, 0) is 10.1 Å². The van der Waals surface area contributed by atoms with Crippen molar-refractivity contribution in [2.45, 2.75) is 4.90 Å². The first-order chi connectivity index (χ1) is 11.0. The second-order valence-electron chi connectivity index (χ2n) is 4.42. The van der Waals surface area contributed by atoms with Gasteiger partial charge in [-0.1, -0.05) is 23.2 Å². The molecule has 0 spiro atoms. The molecular weight excluding hydrogens is 387 g/mol. The lowest BCUT2D eigenvalue weighted by molar-refractivity contribution is 0.0696. The Balaban J connectivity index is 2.57. The molecule has 2 aromatic carbocycles. The maximum atomic E-state index is 12.2. The predicted molar refractivity (Wildman–Crippen MR) is 82.7 cm³/mol. The van der Waals surface area contributed by atoms with Gasteiger partial charge in [-0.2, -0.15) is 8.42 Å². The van der Waals surface area contributed by atoms with Gasteiger partial charge in [-0.05, 0) is 18.2 Å². The molecule has 24 heavy (non-hydrogen) atoms. The zero-order valence-electron chi connectivity index (χ0n) is 11.4. The lowest BCUT2D eigenvalue weighted by Crippen LogP contribution is -2.11. The molecule has 128 valence electrons. The van der Waals surface area contributed by atoms with Crippen LogP contribution in [0.3, 0.4) is 0 Å². The van der Waals surface area contributed by atoms with E-state index in [9.17, 15) is 28.5 Å². The van der Waals surface area contributed by atoms with E-state index in [0.717, 1.165) is 12.1 Å². The van der Waals surface area contributed by atoms with Crippen LogP contribution >= 0.6 is 23.2 Å². The second kappa shape index (κ2) is 6.27. The summed E-state index contributed by atoms with van der Waals surface area (Å²) in [5.74, 6) is -5.12. The average Bonchev–Trinajstić information content (AvgIpc) is 2.46. The summed E-state index contributed by atoms with van der Waals surface area (Å²) in [5, 5.41) is 37.3. The first-order valence-corrected chi connectivity index (χ1v) is 8.11. The lowest BCUT2D eigenvalue weighted by Gasteiger charge is -2.12. The lowest BCUT2D eigenvalue weighted by atomic mass is 10.2. The number of carboxylic acids is 1. The summed E-state index contributed by atoms with van der Waals surface area (Å²) in [6.45, 7) is 0. The molecule has 4 N–H and O–H groups in total. The third-order valence-electron chi connectivity index (χ3n) is 2.76. The number of carboxylic acid groups (broad SMARTS) is 1. The minimum atomic E-state index is -4.75. The number of benzene rings is 2. The number of aromatic hydroxyl groups is 3. The fourth-order valence-electron chi connectivity index (χ4n) is 1.68. The maximum absolute atomic E-state index is 12.2. The van der Waals surface area contributed by atoms with E-state index in [-0.39, 0.29) is 10.0 Å². The topological polar surface area (TPSA) is 141 Å². The Morgan fingerprint density at radius 2 is 1.62 bits per heavy atom. The normalized spacial score (nSPS) is 11.2. The number of phenolic OH excluding ortho intramolecular Hbond substituents is 3. The minimum Gasteiger partial charge on any atom is -0.505 e. The predicted octanol–water partition coefficient (Wildman–Crippen LogP) is 2.58. The van der Waals surface area contributed by atoms with Crippen LogP contribution in [0.2, 0.25) is 10.0 Å². The third kappa shape index (κ3) is 3.42. The molecule has 0 saturated carbocycles. The highest BCUT2D eigenvalue weighted by molar-refractivity contribution is 7.87. The highest BCUT2D eigenvalue weighted by Gasteiger charge is 2.26. The van der Waals surface area contributed by atoms with Gasteiger partial charge in [-0.15, -0.1) is 0 Å². The number of carbonyl (C=O) groups is 1. The average molecular weight is 395 g/mol. The summed E-state index contributed by atoms with van der Waals surface area (Å²) in [6, 6.07) is 3.31. The number of hydrogen-bond donors (Lipinski definition) is 4. The molecule has 0 aliphatic rings. The van der Waals surface area contributed by atoms with Gasteiger partial charge < -0.3 is 24.6 Å². The summed E-state index contributed by atoms with van der Waals surface area (Å²) in [6.07, 6.45) is 0. The molecule has 0 aliphatic heterocycles. The number of aromatic carboxylic acids is 1. The van der Waals surface area contributed by atoms with E-state index in [1.54, 1.807) is 0 Å². The fourth-order valence-corrected chi connectivity index (χ4v) is 3.36. The van der Waals surface area contributed by atoms with Crippen LogP contribution in [0.15, 0.2) is 29.2 Å². The molecule has 2 aromatic rings. The molecular formula is C13H8Cl2O8S. The molecule has 2 rings (SSSR count). The second-order valence-corrected chi connectivity index (χ2v) is 6.78. The smallest absolute Gasteiger partial charge is 0.343 e. The van der Waals surface area contributed by atoms with Crippen molar-refractivity contribution in [1.29, 1.82) is 0 Å². The molecule has 11 heteroatoms. The molecule has 0 radical (unpaired) electrons. The van der Waals surface area contributed by atoms with Crippen molar-refractivity contribution < 1.29 is 37.8 Å². The van der Waals surface area contributed by atoms with Crippen molar-refractivity contribution in [2.24, 2.45) is 0 Å². The van der Waals surface area contributed by atoms with Crippen molar-refractivity contribution in [1.82, 2.24) is 0 Å². The molecule has 0 saturated heterocycles. The van der Waals surface area contributed by atoms with Gasteiger partial charge in [0.25, 0.3) is 0 Å². The van der Waals surface area contributed by atoms with E-state index in [1.165, 1.54) is 0 Å². The molecule has 0 bridgehead atoms. The van der Waals surface area contributed by atoms with Gasteiger partial charge in [0.1, 0.15) is 0 Å². The highest BCUT2D eigenvalue weighted by Crippen LogP contribution is 2.40. The zero-order chi connectivity index (χ0) is 18.2. The van der Waals surface area contributed by atoms with E-state index in [2.05, 4.69) is 4.18 Å². The van der Waals surface area contributed by atoms with Crippen molar-refractivity contribution in [3.63, 3.8) is 0 Å². The Morgan fingerprint density at radius 1 is 1.00 bits per heavy atom. The third-order valence-corrected chi connectivity index (χ3v) is 4.52. The van der Waals surface area contributed by atoms with Crippen molar-refractivity contribution in [3.8, 4) is 23.0 Å². The summed E-state index contributed by atoms with van der Waals surface area (Å²) in [7, 11) is -4.75. The van der Waals surface area contributed by atoms with Crippen LogP contribution in [-0.4, -0.2) is 34.8 Å². The first-order valence-electron chi connectivity index (χ1n) is 5.94. The molecule has 8 nitrogen and oxygen atoms in total. The number of hydrogen-bond acceptors (Lipinski definition) is 7. The minimum absolute atomic E-state index is 0.119. The Labute approximate surface area is 145 Å². The van der Waals surface area contributed by atoms with Crippen LogP contribution in [0.4, 0.5) is 0 Å². The number of phenols is 3. The molecule has 0 heterocycles. The van der Waals surface area contributed by atoms with Crippen molar-refractivity contribution in [2.75, 3.05) is 0 Å². The van der Waals surface area contributed by atoms with Gasteiger partial charge in [-0.3, -0.25) is 0 Å². The Bertz CT molecular complexity index is 939. The van der Waals surface area contributed by atoms with Gasteiger partial charge in [-0.25, -0.2) is 4.79 Å². The standard InChI is InChI=1S/C13H8Cl2O8S/c14-6-3-7(15)11(17)10(4-6)24(21,22)23-9-2-5(13(19)20)1-8(16)12(9)18/h1-4,16-18H,(H,19,20). The van der Waals surface area contributed by atoms with Crippen LogP contribution in [0.5, 0.6) is 23.0 Å². The van der Waals surface area contributed by atoms with Crippen molar-refractivity contribution in [3.05, 3.63) is 39.9 Å². The molecule has 0 unspecified atom stereocenters. The van der Waals surface area contributed by atoms with E-state index in [0.29, 0.717) is 12.1 Å². The molecule has 0 fully saturated rings. The van der Waals surface area contributed by atoms with Gasteiger partial charge in [0, 0.05) is 11.1 Å². The molecule has 0 atom stereocenters. The summed E-state index contributed by atoms with van der Waals surface area (Å²) >= 11 is 11.3. The maximum Gasteiger partial charge on any atom is 0.343 e. The van der Waals surface area contributed by atoms with Gasteiger partial charge >= 0.3 is 16.1 Å². The summed E-state index contributed by atoms with van der Waals surface area (Å²) < 4.78 is 29.1. The Hall–Kier alpha value is -2.36. The highest BCUT2D eigenvalue weighted by atomic mass is 35.5. The SMILES string of the molecule is O=C(O)c1cc(O)c(O)c(OS(=O)(=O)c2cc(Cl)cc(Cl)c2O)c1. The van der Waals surface area contributed by atoms with E-state index < -0.39 is 49.5 Å². The van der Waals surface area contributed by atoms with Crippen molar-refractivity contribution >= 4 is 39.3 Å². The first kappa shape index (κ1) is 18.0. The Kier molecular flexibility index (Phi) is 4.70. The Morgan fingerprint density at radius 3 is 2.21 bits per heavy atom. The summed E-state index contributed by atoms with van der Waals surface area (Å²) in [5.41, 5.74) is -0.538. The number of rotatable bonds is 4. The van der Waals surface area contributed by atoms with Gasteiger partial charge in [0.05, 0.1) is 10.6 Å². The largest absolute Gasteiger partial charge is 0.505 e. The van der Waals surface area contributed by atoms with Gasteiger partial charge in [0.15, 0.2) is 22.1 Å². The van der Waals surface area contributed by atoms with E-state index in [1.807, 2.05) is 0 Å². The summed E-state index contributed by atoms with van der Waals surface area (Å²) in [4.78, 5) is 10.1. The number of halogens is 2. The van der Waals surface area contributed by atoms with E-state index in [4.69, 9.17) is 28.3 Å². The molecule has 0 amide bonds. The fraction of sp³-hybridized carbons (Fsp3) is 0. The monoisotopic (exact) mass is 394 g/mol. The molecule has 0 aromatic heterocycles. The van der Waals surface area contributed by atoms with Crippen LogP contribution < -0.4 is 4.18 Å². The molecule has 0 aliphatic carbocycles. The van der Waals surface area contributed by atoms with Crippen LogP contribution in [0, 0.1) is 0 Å². The van der Waals surface area contributed by atoms with Crippen LogP contribution in [0.1, 0.15) is 10.4 Å². The van der Waals surface area contributed by atoms with E-state index >= 15 is 0 Å². The quantitative estimate of drug-likeness (QED) is 0.457.